The van der Waals surface area contributed by atoms with E-state index in [1.54, 1.807) is 0 Å². The third kappa shape index (κ3) is 10.7. The summed E-state index contributed by atoms with van der Waals surface area (Å²) >= 11 is 0. The highest BCUT2D eigenvalue weighted by Crippen LogP contribution is 2.46. The van der Waals surface area contributed by atoms with Crippen molar-refractivity contribution in [2.75, 3.05) is 18.5 Å². The molecule has 0 aliphatic carbocycles. The van der Waals surface area contributed by atoms with Crippen LogP contribution in [-0.4, -0.2) is 18.5 Å². The molecule has 2 unspecified atom stereocenters. The van der Waals surface area contributed by atoms with Crippen molar-refractivity contribution in [2.45, 2.75) is 93.4 Å². The van der Waals surface area contributed by atoms with Crippen LogP contribution in [0.25, 0.3) is 0 Å². The van der Waals surface area contributed by atoms with E-state index in [1.807, 2.05) is 0 Å². The van der Waals surface area contributed by atoms with E-state index in [9.17, 15) is 0 Å². The van der Waals surface area contributed by atoms with Gasteiger partial charge in [-0.1, -0.05) is 74.1 Å². The van der Waals surface area contributed by atoms with Crippen molar-refractivity contribution in [1.29, 1.82) is 0 Å². The van der Waals surface area contributed by atoms with Crippen molar-refractivity contribution in [3.8, 4) is 0 Å². The quantitative estimate of drug-likeness (QED) is 0.308. The maximum Gasteiger partial charge on any atom is -0.0274 e. The minimum Gasteiger partial charge on any atom is -0.106 e. The Morgan fingerprint density at radius 3 is 1.76 bits per heavy atom. The van der Waals surface area contributed by atoms with Crippen LogP contribution in [0.2, 0.25) is 0 Å². The fraction of sp³-hybridized carbons (Fsp3) is 1.00. The zero-order valence-corrected chi connectivity index (χ0v) is 17.1. The molecule has 0 aliphatic heterocycles. The van der Waals surface area contributed by atoms with Crippen LogP contribution in [-0.2, 0) is 0 Å². The standard InChI is InChI=1S/C20H43P/c1-8-11-14-21(15-12-9-2)17-20(6,7)16-19(5)18(4)13-10-3/h18-19H,8-17H2,1-7H3. The van der Waals surface area contributed by atoms with E-state index >= 15 is 0 Å². The molecule has 0 aromatic heterocycles. The molecule has 0 spiro atoms. The minimum absolute atomic E-state index is 0.282. The Labute approximate surface area is 137 Å². The van der Waals surface area contributed by atoms with Gasteiger partial charge in [-0.05, 0) is 55.0 Å². The highest BCUT2D eigenvalue weighted by molar-refractivity contribution is 7.57. The predicted octanol–water partition coefficient (Wildman–Crippen LogP) is 7.56. The first-order valence-electron chi connectivity index (χ1n) is 9.58. The number of rotatable bonds is 13. The zero-order valence-electron chi connectivity index (χ0n) is 16.2. The van der Waals surface area contributed by atoms with Crippen LogP contribution in [0.5, 0.6) is 0 Å². The molecule has 0 rings (SSSR count). The molecule has 1 heteroatoms. The van der Waals surface area contributed by atoms with Crippen LogP contribution < -0.4 is 0 Å². The monoisotopic (exact) mass is 314 g/mol. The molecule has 0 nitrogen and oxygen atoms in total. The SMILES string of the molecule is CCCCP(CCCC)CC(C)(C)CC(C)C(C)CCC. The smallest absolute Gasteiger partial charge is 0.0274 e. The van der Waals surface area contributed by atoms with Gasteiger partial charge in [0.1, 0.15) is 0 Å². The Balaban J connectivity index is 4.41. The average molecular weight is 315 g/mol. The molecule has 0 N–H and O–H groups in total. The summed E-state index contributed by atoms with van der Waals surface area (Å²) in [7, 11) is 0.282. The molecule has 0 heterocycles. The second-order valence-electron chi connectivity index (χ2n) is 8.09. The van der Waals surface area contributed by atoms with E-state index in [1.165, 1.54) is 63.4 Å². The summed E-state index contributed by atoms with van der Waals surface area (Å²) < 4.78 is 0. The molecular formula is C20H43P. The second-order valence-corrected chi connectivity index (χ2v) is 10.6. The van der Waals surface area contributed by atoms with Crippen molar-refractivity contribution < 1.29 is 0 Å². The van der Waals surface area contributed by atoms with Crippen molar-refractivity contribution >= 4 is 7.92 Å². The Bertz CT molecular complexity index is 226. The third-order valence-electron chi connectivity index (χ3n) is 4.90. The van der Waals surface area contributed by atoms with Gasteiger partial charge in [0.2, 0.25) is 0 Å². The zero-order chi connectivity index (χ0) is 16.3. The van der Waals surface area contributed by atoms with E-state index in [0.29, 0.717) is 5.41 Å². The van der Waals surface area contributed by atoms with Gasteiger partial charge in [0, 0.05) is 0 Å². The van der Waals surface area contributed by atoms with Crippen molar-refractivity contribution in [2.24, 2.45) is 17.3 Å². The molecule has 0 bridgehead atoms. The van der Waals surface area contributed by atoms with E-state index in [0.717, 1.165) is 11.8 Å². The van der Waals surface area contributed by atoms with Gasteiger partial charge >= 0.3 is 0 Å². The molecule has 21 heavy (non-hydrogen) atoms. The van der Waals surface area contributed by atoms with Gasteiger partial charge in [0.25, 0.3) is 0 Å². The van der Waals surface area contributed by atoms with Crippen LogP contribution in [0, 0.1) is 17.3 Å². The number of unbranched alkanes of at least 4 members (excludes halogenated alkanes) is 2. The van der Waals surface area contributed by atoms with Gasteiger partial charge in [0.15, 0.2) is 0 Å². The van der Waals surface area contributed by atoms with Crippen molar-refractivity contribution in [3.63, 3.8) is 0 Å². The lowest BCUT2D eigenvalue weighted by Crippen LogP contribution is -2.23. The summed E-state index contributed by atoms with van der Waals surface area (Å²) in [5.74, 6) is 1.78. The van der Waals surface area contributed by atoms with Crippen LogP contribution in [0.1, 0.15) is 93.4 Å². The summed E-state index contributed by atoms with van der Waals surface area (Å²) in [4.78, 5) is 0. The molecule has 0 radical (unpaired) electrons. The normalized spacial score (nSPS) is 15.4. The molecule has 2 atom stereocenters. The van der Waals surface area contributed by atoms with E-state index in [2.05, 4.69) is 48.5 Å². The Kier molecular flexibility index (Phi) is 12.2. The van der Waals surface area contributed by atoms with Gasteiger partial charge in [-0.3, -0.25) is 0 Å². The summed E-state index contributed by atoms with van der Waals surface area (Å²) in [5, 5.41) is 0. The fourth-order valence-corrected chi connectivity index (χ4v) is 6.92. The molecule has 0 saturated carbocycles. The van der Waals surface area contributed by atoms with Crippen LogP contribution >= 0.6 is 7.92 Å². The third-order valence-corrected chi connectivity index (χ3v) is 8.10. The lowest BCUT2D eigenvalue weighted by atomic mass is 9.79. The summed E-state index contributed by atoms with van der Waals surface area (Å²) in [6.45, 7) is 17.0. The molecule has 0 aromatic carbocycles. The molecular weight excluding hydrogens is 271 g/mol. The van der Waals surface area contributed by atoms with E-state index in [-0.39, 0.29) is 7.92 Å². The predicted molar refractivity (Wildman–Crippen MR) is 103 cm³/mol. The van der Waals surface area contributed by atoms with Gasteiger partial charge in [-0.25, -0.2) is 0 Å². The topological polar surface area (TPSA) is 0 Å². The molecule has 0 aliphatic rings. The van der Waals surface area contributed by atoms with E-state index < -0.39 is 0 Å². The van der Waals surface area contributed by atoms with Gasteiger partial charge in [-0.2, -0.15) is 0 Å². The van der Waals surface area contributed by atoms with Crippen molar-refractivity contribution in [3.05, 3.63) is 0 Å². The lowest BCUT2D eigenvalue weighted by Gasteiger charge is -2.34. The maximum atomic E-state index is 2.54. The molecule has 128 valence electrons. The Morgan fingerprint density at radius 1 is 0.810 bits per heavy atom. The summed E-state index contributed by atoms with van der Waals surface area (Å²) in [6.07, 6.45) is 14.4. The lowest BCUT2D eigenvalue weighted by molar-refractivity contribution is 0.243. The second kappa shape index (κ2) is 11.9. The first-order chi connectivity index (χ1) is 9.86. The first-order valence-corrected chi connectivity index (χ1v) is 11.5. The van der Waals surface area contributed by atoms with Crippen LogP contribution in [0.3, 0.4) is 0 Å². The Hall–Kier alpha value is 0.430. The largest absolute Gasteiger partial charge is 0.106 e. The van der Waals surface area contributed by atoms with Crippen molar-refractivity contribution in [1.82, 2.24) is 0 Å². The molecule has 0 aromatic rings. The molecule has 0 amide bonds. The molecule has 0 fully saturated rings. The summed E-state index contributed by atoms with van der Waals surface area (Å²) in [5.41, 5.74) is 0.550. The Morgan fingerprint density at radius 2 is 1.33 bits per heavy atom. The first kappa shape index (κ1) is 21.4. The highest BCUT2D eigenvalue weighted by Gasteiger charge is 2.26. The van der Waals surface area contributed by atoms with Gasteiger partial charge < -0.3 is 0 Å². The van der Waals surface area contributed by atoms with Crippen LogP contribution in [0.15, 0.2) is 0 Å². The highest BCUT2D eigenvalue weighted by atomic mass is 31.1. The fourth-order valence-electron chi connectivity index (χ4n) is 3.52. The number of hydrogen-bond acceptors (Lipinski definition) is 0. The van der Waals surface area contributed by atoms with E-state index in [4.69, 9.17) is 0 Å². The van der Waals surface area contributed by atoms with Gasteiger partial charge in [0.05, 0.1) is 0 Å². The summed E-state index contributed by atoms with van der Waals surface area (Å²) in [6, 6.07) is 0. The average Bonchev–Trinajstić information content (AvgIpc) is 2.41. The maximum absolute atomic E-state index is 2.54. The minimum atomic E-state index is 0.282. The van der Waals surface area contributed by atoms with Gasteiger partial charge in [-0.15, -0.1) is 7.92 Å². The molecule has 0 saturated heterocycles. The number of hydrogen-bond donors (Lipinski definition) is 0. The van der Waals surface area contributed by atoms with Crippen LogP contribution in [0.4, 0.5) is 0 Å².